The number of hydrogen-bond acceptors (Lipinski definition) is 2. The van der Waals surface area contributed by atoms with E-state index in [0.717, 1.165) is 24.7 Å². The smallest absolute Gasteiger partial charge is 0.108 e. The normalized spacial score (nSPS) is 36.4. The first-order valence-electron chi connectivity index (χ1n) is 6.92. The van der Waals surface area contributed by atoms with Gasteiger partial charge in [0.2, 0.25) is 0 Å². The summed E-state index contributed by atoms with van der Waals surface area (Å²) in [5, 5.41) is 0. The Bertz CT molecular complexity index is 551. The molecule has 0 amide bonds. The van der Waals surface area contributed by atoms with E-state index >= 15 is 0 Å². The number of rotatable bonds is 2. The van der Waals surface area contributed by atoms with Crippen molar-refractivity contribution < 1.29 is 9.15 Å². The Morgan fingerprint density at radius 1 is 1.50 bits per heavy atom. The molecule has 1 aromatic heterocycles. The van der Waals surface area contributed by atoms with Crippen molar-refractivity contribution in [1.82, 2.24) is 0 Å². The molecule has 0 aromatic carbocycles. The zero-order chi connectivity index (χ0) is 12.5. The van der Waals surface area contributed by atoms with Gasteiger partial charge < -0.3 is 9.15 Å². The highest BCUT2D eigenvalue weighted by atomic mass is 16.5. The van der Waals surface area contributed by atoms with Gasteiger partial charge in [-0.2, -0.15) is 0 Å². The summed E-state index contributed by atoms with van der Waals surface area (Å²) >= 11 is 0. The lowest BCUT2D eigenvalue weighted by atomic mass is 9.69. The maximum Gasteiger partial charge on any atom is 0.108 e. The summed E-state index contributed by atoms with van der Waals surface area (Å²) in [6, 6.07) is 0. The fourth-order valence-electron chi connectivity index (χ4n) is 4.47. The van der Waals surface area contributed by atoms with Gasteiger partial charge in [-0.05, 0) is 37.0 Å². The van der Waals surface area contributed by atoms with E-state index in [-0.39, 0.29) is 0 Å². The molecule has 3 unspecified atom stereocenters. The van der Waals surface area contributed by atoms with E-state index in [9.17, 15) is 0 Å². The highest BCUT2D eigenvalue weighted by Crippen LogP contribution is 2.67. The van der Waals surface area contributed by atoms with E-state index in [2.05, 4.69) is 13.8 Å². The van der Waals surface area contributed by atoms with E-state index in [1.807, 2.05) is 6.26 Å². The van der Waals surface area contributed by atoms with Crippen molar-refractivity contribution in [2.24, 2.45) is 17.3 Å². The zero-order valence-corrected chi connectivity index (χ0v) is 11.4. The number of fused-ring (bicyclic) bond motifs is 4. The molecule has 1 heterocycles. The molecule has 1 saturated carbocycles. The van der Waals surface area contributed by atoms with Crippen molar-refractivity contribution in [2.45, 2.75) is 39.7 Å². The van der Waals surface area contributed by atoms with Gasteiger partial charge in [0.25, 0.3) is 0 Å². The van der Waals surface area contributed by atoms with Crippen molar-refractivity contribution in [3.63, 3.8) is 0 Å². The van der Waals surface area contributed by atoms with Crippen LogP contribution in [0.5, 0.6) is 0 Å². The Morgan fingerprint density at radius 3 is 3.11 bits per heavy atom. The zero-order valence-electron chi connectivity index (χ0n) is 11.4. The van der Waals surface area contributed by atoms with Gasteiger partial charge in [0.1, 0.15) is 5.76 Å². The molecule has 0 N–H and O–H groups in total. The molecule has 3 aliphatic carbocycles. The van der Waals surface area contributed by atoms with Crippen LogP contribution in [0, 0.1) is 17.3 Å². The molecular formula is C16H20O2. The molecule has 3 aliphatic rings. The molecule has 1 aromatic rings. The average molecular weight is 244 g/mol. The van der Waals surface area contributed by atoms with Crippen molar-refractivity contribution in [3.8, 4) is 0 Å². The van der Waals surface area contributed by atoms with Crippen LogP contribution in [-0.2, 0) is 24.2 Å². The molecular weight excluding hydrogens is 224 g/mol. The maximum absolute atomic E-state index is 5.81. The van der Waals surface area contributed by atoms with Crippen LogP contribution in [0.25, 0.3) is 0 Å². The highest BCUT2D eigenvalue weighted by Gasteiger charge is 2.60. The summed E-state index contributed by atoms with van der Waals surface area (Å²) in [6.45, 7) is 5.48. The minimum atomic E-state index is 0.393. The Balaban J connectivity index is 1.79. The topological polar surface area (TPSA) is 22.4 Å². The van der Waals surface area contributed by atoms with Gasteiger partial charge in [-0.3, -0.25) is 0 Å². The second kappa shape index (κ2) is 3.30. The molecule has 0 radical (unpaired) electrons. The lowest BCUT2D eigenvalue weighted by molar-refractivity contribution is 0.183. The number of furan rings is 1. The van der Waals surface area contributed by atoms with Crippen LogP contribution in [0.3, 0.4) is 0 Å². The van der Waals surface area contributed by atoms with Crippen LogP contribution in [0.2, 0.25) is 0 Å². The summed E-state index contributed by atoms with van der Waals surface area (Å²) in [7, 11) is 1.75. The Hall–Kier alpha value is -1.02. The second-order valence-corrected chi connectivity index (χ2v) is 6.48. The number of allylic oxidation sites excluding steroid dienone is 2. The van der Waals surface area contributed by atoms with Gasteiger partial charge in [-0.15, -0.1) is 0 Å². The third-order valence-electron chi connectivity index (χ3n) is 5.58. The fourth-order valence-corrected chi connectivity index (χ4v) is 4.47. The Kier molecular flexibility index (Phi) is 1.99. The van der Waals surface area contributed by atoms with Crippen LogP contribution >= 0.6 is 0 Å². The van der Waals surface area contributed by atoms with Crippen LogP contribution in [-0.4, -0.2) is 7.11 Å². The summed E-state index contributed by atoms with van der Waals surface area (Å²) in [4.78, 5) is 0. The molecule has 0 spiro atoms. The average Bonchev–Trinajstić information content (AvgIpc) is 3.03. The SMILES string of the molecule is COCc1coc2c1CC1=C(C)C3CC3C1(C)C2. The van der Waals surface area contributed by atoms with Gasteiger partial charge in [0, 0.05) is 24.7 Å². The molecule has 2 nitrogen and oxygen atoms in total. The van der Waals surface area contributed by atoms with E-state index in [1.54, 1.807) is 18.3 Å². The molecule has 3 atom stereocenters. The summed E-state index contributed by atoms with van der Waals surface area (Å²) in [5.74, 6) is 3.00. The predicted molar refractivity (Wildman–Crippen MR) is 69.2 cm³/mol. The van der Waals surface area contributed by atoms with Gasteiger partial charge in [-0.1, -0.05) is 18.1 Å². The van der Waals surface area contributed by atoms with Crippen LogP contribution in [0.4, 0.5) is 0 Å². The number of ether oxygens (including phenoxy) is 1. The van der Waals surface area contributed by atoms with Crippen LogP contribution in [0.1, 0.15) is 37.2 Å². The summed E-state index contributed by atoms with van der Waals surface area (Å²) in [6.07, 6.45) is 5.51. The number of methoxy groups -OCH3 is 1. The molecule has 0 saturated heterocycles. The van der Waals surface area contributed by atoms with E-state index < -0.39 is 0 Å². The van der Waals surface area contributed by atoms with Crippen molar-refractivity contribution in [2.75, 3.05) is 7.11 Å². The Morgan fingerprint density at radius 2 is 2.33 bits per heavy atom. The Labute approximate surface area is 108 Å². The second-order valence-electron chi connectivity index (χ2n) is 6.48. The lowest BCUT2D eigenvalue weighted by Gasteiger charge is -2.34. The molecule has 0 bridgehead atoms. The highest BCUT2D eigenvalue weighted by molar-refractivity contribution is 5.47. The van der Waals surface area contributed by atoms with Gasteiger partial charge in [0.15, 0.2) is 0 Å². The summed E-state index contributed by atoms with van der Waals surface area (Å²) < 4.78 is 11.1. The minimum absolute atomic E-state index is 0.393. The fraction of sp³-hybridized carbons (Fsp3) is 0.625. The van der Waals surface area contributed by atoms with Gasteiger partial charge in [-0.25, -0.2) is 0 Å². The minimum Gasteiger partial charge on any atom is -0.469 e. The van der Waals surface area contributed by atoms with Crippen LogP contribution in [0.15, 0.2) is 21.8 Å². The van der Waals surface area contributed by atoms with Gasteiger partial charge >= 0.3 is 0 Å². The number of hydrogen-bond donors (Lipinski definition) is 0. The third-order valence-corrected chi connectivity index (χ3v) is 5.58. The van der Waals surface area contributed by atoms with Crippen molar-refractivity contribution in [3.05, 3.63) is 34.3 Å². The van der Waals surface area contributed by atoms with E-state index in [4.69, 9.17) is 9.15 Å². The van der Waals surface area contributed by atoms with Crippen molar-refractivity contribution in [1.29, 1.82) is 0 Å². The first-order chi connectivity index (χ1) is 8.65. The van der Waals surface area contributed by atoms with Crippen LogP contribution < -0.4 is 0 Å². The molecule has 96 valence electrons. The molecule has 18 heavy (non-hydrogen) atoms. The molecule has 1 fully saturated rings. The quantitative estimate of drug-likeness (QED) is 0.743. The maximum atomic E-state index is 5.81. The summed E-state index contributed by atoms with van der Waals surface area (Å²) in [5.41, 5.74) is 6.43. The van der Waals surface area contributed by atoms with E-state index in [1.165, 1.54) is 23.3 Å². The first kappa shape index (κ1) is 10.9. The molecule has 0 aliphatic heterocycles. The van der Waals surface area contributed by atoms with E-state index in [0.29, 0.717) is 12.0 Å². The third kappa shape index (κ3) is 1.17. The standard InChI is InChI=1S/C16H20O2/c1-9-11-4-14(11)16(2)6-15-12(5-13(9)16)10(7-17-3)8-18-15/h8,11,14H,4-7H2,1-3H3. The van der Waals surface area contributed by atoms with Crippen molar-refractivity contribution >= 4 is 0 Å². The first-order valence-corrected chi connectivity index (χ1v) is 6.92. The lowest BCUT2D eigenvalue weighted by Crippen LogP contribution is -2.29. The molecule has 2 heteroatoms. The van der Waals surface area contributed by atoms with Gasteiger partial charge in [0.05, 0.1) is 12.9 Å². The monoisotopic (exact) mass is 244 g/mol. The molecule has 4 rings (SSSR count). The largest absolute Gasteiger partial charge is 0.469 e. The predicted octanol–water partition coefficient (Wildman–Crippen LogP) is 3.50.